The molecule has 1 heterocycles. The Morgan fingerprint density at radius 1 is 1.48 bits per heavy atom. The van der Waals surface area contributed by atoms with Crippen molar-refractivity contribution in [3.8, 4) is 0 Å². The summed E-state index contributed by atoms with van der Waals surface area (Å²) in [5, 5.41) is 7.96. The Morgan fingerprint density at radius 3 is 2.86 bits per heavy atom. The quantitative estimate of drug-likeness (QED) is 0.908. The molecule has 0 spiro atoms. The van der Waals surface area contributed by atoms with Gasteiger partial charge in [-0.1, -0.05) is 24.9 Å². The average molecular weight is 310 g/mol. The number of nitrogens with one attached hydrogen (secondary N) is 1. The summed E-state index contributed by atoms with van der Waals surface area (Å²) >= 11 is 5.85. The number of carbonyl (C=O) groups excluding carboxylic acids is 1. The van der Waals surface area contributed by atoms with Crippen LogP contribution in [0.3, 0.4) is 0 Å². The van der Waals surface area contributed by atoms with Gasteiger partial charge in [-0.3, -0.25) is 9.48 Å². The van der Waals surface area contributed by atoms with E-state index >= 15 is 0 Å². The van der Waals surface area contributed by atoms with E-state index in [1.54, 1.807) is 17.1 Å². The number of halogens is 1. The Bertz CT molecular complexity index is 515. The molecule has 0 aromatic carbocycles. The summed E-state index contributed by atoms with van der Waals surface area (Å²) in [6.45, 7) is 4.68. The Hall–Kier alpha value is -1.03. The van der Waals surface area contributed by atoms with E-state index < -0.39 is 0 Å². The molecule has 0 aliphatic heterocycles. The molecular formula is C16H24ClN3O. The molecule has 0 radical (unpaired) electrons. The van der Waals surface area contributed by atoms with E-state index in [1.165, 1.54) is 25.7 Å². The van der Waals surface area contributed by atoms with E-state index in [2.05, 4.69) is 17.3 Å². The van der Waals surface area contributed by atoms with E-state index in [0.717, 1.165) is 11.8 Å². The normalized spacial score (nSPS) is 30.3. The van der Waals surface area contributed by atoms with Gasteiger partial charge in [0.2, 0.25) is 5.91 Å². The van der Waals surface area contributed by atoms with Crippen molar-refractivity contribution in [2.75, 3.05) is 0 Å². The van der Waals surface area contributed by atoms with Crippen LogP contribution in [0.2, 0.25) is 5.02 Å². The van der Waals surface area contributed by atoms with Crippen molar-refractivity contribution in [1.82, 2.24) is 15.1 Å². The summed E-state index contributed by atoms with van der Waals surface area (Å²) < 4.78 is 1.73. The smallest absolute Gasteiger partial charge is 0.224 e. The highest BCUT2D eigenvalue weighted by Gasteiger charge is 2.42. The fraction of sp³-hybridized carbons (Fsp3) is 0.750. The Labute approximate surface area is 131 Å². The number of hydrogen-bond acceptors (Lipinski definition) is 2. The second-order valence-corrected chi connectivity index (χ2v) is 7.35. The summed E-state index contributed by atoms with van der Waals surface area (Å²) in [5.74, 6) is 2.46. The zero-order valence-corrected chi connectivity index (χ0v) is 13.5. The molecular weight excluding hydrogens is 286 g/mol. The molecule has 2 fully saturated rings. The van der Waals surface area contributed by atoms with Gasteiger partial charge in [-0.15, -0.1) is 0 Å². The van der Waals surface area contributed by atoms with Crippen molar-refractivity contribution in [3.63, 3.8) is 0 Å². The van der Waals surface area contributed by atoms with Gasteiger partial charge in [0, 0.05) is 12.2 Å². The molecule has 2 saturated carbocycles. The molecule has 21 heavy (non-hydrogen) atoms. The van der Waals surface area contributed by atoms with Gasteiger partial charge in [-0.2, -0.15) is 5.10 Å². The van der Waals surface area contributed by atoms with Gasteiger partial charge in [0.15, 0.2) is 0 Å². The second-order valence-electron chi connectivity index (χ2n) is 6.92. The van der Waals surface area contributed by atoms with Crippen molar-refractivity contribution >= 4 is 17.5 Å². The van der Waals surface area contributed by atoms with Crippen LogP contribution in [0.15, 0.2) is 12.4 Å². The predicted octanol–water partition coefficient (Wildman–Crippen LogP) is 3.11. The van der Waals surface area contributed by atoms with Crippen LogP contribution >= 0.6 is 11.6 Å². The van der Waals surface area contributed by atoms with Gasteiger partial charge in [-0.25, -0.2) is 0 Å². The van der Waals surface area contributed by atoms with Gasteiger partial charge >= 0.3 is 0 Å². The van der Waals surface area contributed by atoms with Gasteiger partial charge in [0.1, 0.15) is 0 Å². The van der Waals surface area contributed by atoms with Gasteiger partial charge < -0.3 is 5.32 Å². The number of aromatic nitrogens is 2. The molecule has 116 valence electrons. The first-order valence-corrected chi connectivity index (χ1v) is 8.39. The van der Waals surface area contributed by atoms with Crippen LogP contribution in [0.5, 0.6) is 0 Å². The van der Waals surface area contributed by atoms with Crippen LogP contribution in [0.25, 0.3) is 0 Å². The number of amides is 1. The molecule has 5 heteroatoms. The molecule has 2 aliphatic rings. The molecule has 1 aromatic heterocycles. The lowest BCUT2D eigenvalue weighted by molar-refractivity contribution is -0.126. The molecule has 2 aliphatic carbocycles. The standard InChI is InChI=1S/C16H24ClN3O/c1-10(8-20-9-14(17)7-18-20)16(21)19-11(2)15-6-12-3-4-13(15)5-12/h7,9-13,15H,3-6,8H2,1-2H3,(H,19,21). The van der Waals surface area contributed by atoms with Crippen LogP contribution in [0.1, 0.15) is 39.5 Å². The molecule has 3 rings (SSSR count). The van der Waals surface area contributed by atoms with Gasteiger partial charge in [0.25, 0.3) is 0 Å². The van der Waals surface area contributed by atoms with Crippen LogP contribution in [-0.2, 0) is 11.3 Å². The molecule has 1 amide bonds. The first-order chi connectivity index (χ1) is 10.0. The number of hydrogen-bond donors (Lipinski definition) is 1. The zero-order chi connectivity index (χ0) is 15.0. The number of fused-ring (bicyclic) bond motifs is 2. The van der Waals surface area contributed by atoms with Crippen LogP contribution in [-0.4, -0.2) is 21.7 Å². The van der Waals surface area contributed by atoms with E-state index in [9.17, 15) is 4.79 Å². The van der Waals surface area contributed by atoms with Gasteiger partial charge in [-0.05, 0) is 43.9 Å². The fourth-order valence-corrected chi connectivity index (χ4v) is 4.34. The molecule has 1 aromatic rings. The van der Waals surface area contributed by atoms with Crippen molar-refractivity contribution in [3.05, 3.63) is 17.4 Å². The third kappa shape index (κ3) is 3.25. The lowest BCUT2D eigenvalue weighted by atomic mass is 9.84. The second kappa shape index (κ2) is 5.99. The molecule has 5 atom stereocenters. The zero-order valence-electron chi connectivity index (χ0n) is 12.8. The lowest BCUT2D eigenvalue weighted by Crippen LogP contribution is -2.43. The molecule has 4 nitrogen and oxygen atoms in total. The van der Waals surface area contributed by atoms with E-state index in [0.29, 0.717) is 17.5 Å². The SMILES string of the molecule is CC(Cn1cc(Cl)cn1)C(=O)NC(C)C1CC2CCC1C2. The maximum absolute atomic E-state index is 12.3. The van der Waals surface area contributed by atoms with Crippen LogP contribution < -0.4 is 5.32 Å². The van der Waals surface area contributed by atoms with Crippen molar-refractivity contribution in [2.24, 2.45) is 23.7 Å². The summed E-state index contributed by atoms with van der Waals surface area (Å²) in [5.41, 5.74) is 0. The summed E-state index contributed by atoms with van der Waals surface area (Å²) in [7, 11) is 0. The van der Waals surface area contributed by atoms with E-state index in [-0.39, 0.29) is 17.9 Å². The average Bonchev–Trinajstić information content (AvgIpc) is 3.15. The third-order valence-corrected chi connectivity index (χ3v) is 5.51. The predicted molar refractivity (Wildman–Crippen MR) is 82.9 cm³/mol. The topological polar surface area (TPSA) is 46.9 Å². The van der Waals surface area contributed by atoms with Crippen molar-refractivity contribution in [2.45, 2.75) is 52.1 Å². The van der Waals surface area contributed by atoms with E-state index in [4.69, 9.17) is 11.6 Å². The number of rotatable bonds is 5. The van der Waals surface area contributed by atoms with Crippen molar-refractivity contribution in [1.29, 1.82) is 0 Å². The van der Waals surface area contributed by atoms with Gasteiger partial charge in [0.05, 0.1) is 23.7 Å². The van der Waals surface area contributed by atoms with Crippen molar-refractivity contribution < 1.29 is 4.79 Å². The molecule has 1 N–H and O–H groups in total. The maximum atomic E-state index is 12.3. The highest BCUT2D eigenvalue weighted by Crippen LogP contribution is 2.49. The molecule has 0 saturated heterocycles. The first-order valence-electron chi connectivity index (χ1n) is 8.01. The molecule has 2 bridgehead atoms. The monoisotopic (exact) mass is 309 g/mol. The minimum atomic E-state index is -0.0954. The maximum Gasteiger partial charge on any atom is 0.224 e. The fourth-order valence-electron chi connectivity index (χ4n) is 4.18. The van der Waals surface area contributed by atoms with E-state index in [1.807, 2.05) is 6.92 Å². The summed E-state index contributed by atoms with van der Waals surface area (Å²) in [6.07, 6.45) is 8.80. The molecule has 5 unspecified atom stereocenters. The highest BCUT2D eigenvalue weighted by atomic mass is 35.5. The van der Waals surface area contributed by atoms with Crippen LogP contribution in [0.4, 0.5) is 0 Å². The number of nitrogens with zero attached hydrogens (tertiary/aromatic N) is 2. The largest absolute Gasteiger partial charge is 0.353 e. The Morgan fingerprint density at radius 2 is 2.29 bits per heavy atom. The minimum Gasteiger partial charge on any atom is -0.353 e. The lowest BCUT2D eigenvalue weighted by Gasteiger charge is -2.29. The Kier molecular flexibility index (Phi) is 4.25. The summed E-state index contributed by atoms with van der Waals surface area (Å²) in [4.78, 5) is 12.3. The summed E-state index contributed by atoms with van der Waals surface area (Å²) in [6, 6.07) is 0.288. The minimum absolute atomic E-state index is 0.0954. The first kappa shape index (κ1) is 14.9. The Balaban J connectivity index is 1.51. The third-order valence-electron chi connectivity index (χ3n) is 5.32. The van der Waals surface area contributed by atoms with Crippen LogP contribution in [0, 0.1) is 23.7 Å². The highest BCUT2D eigenvalue weighted by molar-refractivity contribution is 6.30. The number of carbonyl (C=O) groups is 1.